The number of rotatable bonds is 7. The van der Waals surface area contributed by atoms with E-state index in [2.05, 4.69) is 17.2 Å². The van der Waals surface area contributed by atoms with Crippen LogP contribution in [0.25, 0.3) is 0 Å². The van der Waals surface area contributed by atoms with Crippen molar-refractivity contribution in [2.24, 2.45) is 0 Å². The van der Waals surface area contributed by atoms with Crippen LogP contribution in [0.5, 0.6) is 5.75 Å². The number of nitrogens with one attached hydrogen (secondary N) is 2. The Bertz CT molecular complexity index is 674. The van der Waals surface area contributed by atoms with Gasteiger partial charge in [0, 0.05) is 22.8 Å². The summed E-state index contributed by atoms with van der Waals surface area (Å²) in [5.74, 6) is 1.55. The van der Waals surface area contributed by atoms with Crippen LogP contribution >= 0.6 is 11.8 Å². The minimum atomic E-state index is -0.248. The first-order valence-electron chi connectivity index (χ1n) is 7.24. The Labute approximate surface area is 140 Å². The van der Waals surface area contributed by atoms with Crippen molar-refractivity contribution in [3.05, 3.63) is 66.7 Å². The zero-order chi connectivity index (χ0) is 16.5. The normalized spacial score (nSPS) is 9.96. The second kappa shape index (κ2) is 8.90. The van der Waals surface area contributed by atoms with Gasteiger partial charge in [0.1, 0.15) is 5.75 Å². The molecule has 0 spiro atoms. The van der Waals surface area contributed by atoms with Crippen LogP contribution in [0.3, 0.4) is 0 Å². The lowest BCUT2D eigenvalue weighted by Gasteiger charge is -2.12. The lowest BCUT2D eigenvalue weighted by atomic mass is 10.2. The molecule has 0 aliphatic carbocycles. The number of ether oxygens (including phenoxy) is 1. The van der Waals surface area contributed by atoms with Gasteiger partial charge in [-0.3, -0.25) is 0 Å². The van der Waals surface area contributed by atoms with E-state index in [9.17, 15) is 4.79 Å². The zero-order valence-corrected chi connectivity index (χ0v) is 13.9. The maximum absolute atomic E-state index is 12.1. The third-order valence-electron chi connectivity index (χ3n) is 3.12. The Morgan fingerprint density at radius 3 is 2.74 bits per heavy atom. The molecule has 23 heavy (non-hydrogen) atoms. The van der Waals surface area contributed by atoms with Crippen molar-refractivity contribution in [1.29, 1.82) is 0 Å². The Balaban J connectivity index is 1.96. The first-order chi connectivity index (χ1) is 11.2. The number of carbonyl (C=O) groups is 1. The van der Waals surface area contributed by atoms with Crippen LogP contribution in [0.4, 0.5) is 10.5 Å². The first-order valence-corrected chi connectivity index (χ1v) is 8.22. The highest BCUT2D eigenvalue weighted by Crippen LogP contribution is 2.26. The second-order valence-electron chi connectivity index (χ2n) is 4.72. The number of urea groups is 1. The number of anilines is 1. The number of carbonyl (C=O) groups excluding carboxylic acids is 1. The van der Waals surface area contributed by atoms with E-state index in [1.54, 1.807) is 18.9 Å². The fourth-order valence-corrected chi connectivity index (χ4v) is 2.78. The van der Waals surface area contributed by atoms with Gasteiger partial charge in [-0.1, -0.05) is 36.4 Å². The number of para-hydroxylation sites is 2. The largest absolute Gasteiger partial charge is 0.496 e. The van der Waals surface area contributed by atoms with E-state index in [1.165, 1.54) is 0 Å². The Hall–Kier alpha value is -2.40. The van der Waals surface area contributed by atoms with Crippen molar-refractivity contribution in [1.82, 2.24) is 5.32 Å². The number of methoxy groups -OCH3 is 1. The molecule has 0 heterocycles. The van der Waals surface area contributed by atoms with Gasteiger partial charge in [-0.2, -0.15) is 0 Å². The molecular formula is C18H20N2O2S. The lowest BCUT2D eigenvalue weighted by molar-refractivity contribution is 0.251. The molecule has 5 heteroatoms. The highest BCUT2D eigenvalue weighted by atomic mass is 32.2. The maximum atomic E-state index is 12.1. The molecular weight excluding hydrogens is 308 g/mol. The molecule has 0 aromatic heterocycles. The predicted molar refractivity (Wildman–Crippen MR) is 96.2 cm³/mol. The van der Waals surface area contributed by atoms with Gasteiger partial charge in [0.15, 0.2) is 0 Å². The van der Waals surface area contributed by atoms with Crippen LogP contribution in [0.15, 0.2) is 66.1 Å². The van der Waals surface area contributed by atoms with E-state index in [0.29, 0.717) is 6.54 Å². The zero-order valence-electron chi connectivity index (χ0n) is 13.0. The van der Waals surface area contributed by atoms with Crippen molar-refractivity contribution < 1.29 is 9.53 Å². The number of hydrogen-bond donors (Lipinski definition) is 2. The molecule has 4 nitrogen and oxygen atoms in total. The minimum absolute atomic E-state index is 0.248. The van der Waals surface area contributed by atoms with E-state index >= 15 is 0 Å². The average molecular weight is 328 g/mol. The SMILES string of the molecule is C=CCSc1ccccc1NC(=O)NCc1ccccc1OC. The standard InChI is InChI=1S/C18H20N2O2S/c1-3-12-23-17-11-7-5-9-15(17)20-18(21)19-13-14-8-4-6-10-16(14)22-2/h3-11H,1,12-13H2,2H3,(H2,19,20,21). The topological polar surface area (TPSA) is 50.4 Å². The summed E-state index contributed by atoms with van der Waals surface area (Å²) in [6.45, 7) is 4.11. The van der Waals surface area contributed by atoms with Gasteiger partial charge in [-0.25, -0.2) is 4.79 Å². The van der Waals surface area contributed by atoms with Gasteiger partial charge in [0.05, 0.1) is 12.8 Å². The predicted octanol–water partition coefficient (Wildman–Crippen LogP) is 4.30. The average Bonchev–Trinajstić information content (AvgIpc) is 2.59. The van der Waals surface area contributed by atoms with Crippen LogP contribution < -0.4 is 15.4 Å². The van der Waals surface area contributed by atoms with E-state index in [0.717, 1.165) is 27.6 Å². The van der Waals surface area contributed by atoms with E-state index < -0.39 is 0 Å². The Morgan fingerprint density at radius 1 is 1.22 bits per heavy atom. The summed E-state index contributed by atoms with van der Waals surface area (Å²) in [4.78, 5) is 13.1. The molecule has 120 valence electrons. The molecule has 0 atom stereocenters. The minimum Gasteiger partial charge on any atom is -0.496 e. The lowest BCUT2D eigenvalue weighted by Crippen LogP contribution is -2.28. The third-order valence-corrected chi connectivity index (χ3v) is 4.19. The molecule has 0 saturated carbocycles. The van der Waals surface area contributed by atoms with Gasteiger partial charge < -0.3 is 15.4 Å². The molecule has 0 fully saturated rings. The smallest absolute Gasteiger partial charge is 0.319 e. The summed E-state index contributed by atoms with van der Waals surface area (Å²) >= 11 is 1.63. The molecule has 0 radical (unpaired) electrons. The van der Waals surface area contributed by atoms with E-state index in [1.807, 2.05) is 54.6 Å². The van der Waals surface area contributed by atoms with E-state index in [-0.39, 0.29) is 6.03 Å². The van der Waals surface area contributed by atoms with Crippen LogP contribution in [-0.4, -0.2) is 18.9 Å². The number of amides is 2. The number of hydrogen-bond acceptors (Lipinski definition) is 3. The highest BCUT2D eigenvalue weighted by molar-refractivity contribution is 7.99. The quantitative estimate of drug-likeness (QED) is 0.589. The second-order valence-corrected chi connectivity index (χ2v) is 5.78. The summed E-state index contributed by atoms with van der Waals surface area (Å²) in [6, 6.07) is 15.1. The van der Waals surface area contributed by atoms with Gasteiger partial charge in [0.2, 0.25) is 0 Å². The van der Waals surface area contributed by atoms with Gasteiger partial charge in [-0.15, -0.1) is 18.3 Å². The Morgan fingerprint density at radius 2 is 1.96 bits per heavy atom. The number of benzene rings is 2. The summed E-state index contributed by atoms with van der Waals surface area (Å²) in [7, 11) is 1.62. The Kier molecular flexibility index (Phi) is 6.56. The molecule has 2 aromatic carbocycles. The van der Waals surface area contributed by atoms with Crippen LogP contribution in [0, 0.1) is 0 Å². The molecule has 2 rings (SSSR count). The van der Waals surface area contributed by atoms with E-state index in [4.69, 9.17) is 4.74 Å². The van der Waals surface area contributed by atoms with Gasteiger partial charge >= 0.3 is 6.03 Å². The molecule has 0 unspecified atom stereocenters. The van der Waals surface area contributed by atoms with Crippen molar-refractivity contribution in [2.75, 3.05) is 18.2 Å². The van der Waals surface area contributed by atoms with Crippen molar-refractivity contribution >= 4 is 23.5 Å². The van der Waals surface area contributed by atoms with Crippen molar-refractivity contribution in [2.45, 2.75) is 11.4 Å². The first kappa shape index (κ1) is 17.0. The van der Waals surface area contributed by atoms with Gasteiger partial charge in [0.25, 0.3) is 0 Å². The van der Waals surface area contributed by atoms with Crippen LogP contribution in [0.1, 0.15) is 5.56 Å². The highest BCUT2D eigenvalue weighted by Gasteiger charge is 2.08. The fraction of sp³-hybridized carbons (Fsp3) is 0.167. The molecule has 0 bridgehead atoms. The molecule has 0 saturated heterocycles. The maximum Gasteiger partial charge on any atom is 0.319 e. The van der Waals surface area contributed by atoms with Crippen molar-refractivity contribution in [3.8, 4) is 5.75 Å². The van der Waals surface area contributed by atoms with Crippen molar-refractivity contribution in [3.63, 3.8) is 0 Å². The summed E-state index contributed by atoms with van der Waals surface area (Å²) < 4.78 is 5.27. The molecule has 2 amide bonds. The van der Waals surface area contributed by atoms with Crippen LogP contribution in [-0.2, 0) is 6.54 Å². The number of thioether (sulfide) groups is 1. The molecule has 2 aromatic rings. The summed E-state index contributed by atoms with van der Waals surface area (Å²) in [5.41, 5.74) is 1.72. The van der Waals surface area contributed by atoms with Gasteiger partial charge in [-0.05, 0) is 18.2 Å². The molecule has 0 aliphatic heterocycles. The summed E-state index contributed by atoms with van der Waals surface area (Å²) in [6.07, 6.45) is 1.84. The third kappa shape index (κ3) is 5.07. The summed E-state index contributed by atoms with van der Waals surface area (Å²) in [5, 5.41) is 5.73. The van der Waals surface area contributed by atoms with Crippen LogP contribution in [0.2, 0.25) is 0 Å². The molecule has 2 N–H and O–H groups in total. The monoisotopic (exact) mass is 328 g/mol. The molecule has 0 aliphatic rings. The fourth-order valence-electron chi connectivity index (χ4n) is 2.04.